The van der Waals surface area contributed by atoms with E-state index in [0.717, 1.165) is 18.7 Å². The van der Waals surface area contributed by atoms with E-state index in [1.54, 1.807) is 13.4 Å². The number of hydrogen-bond donors (Lipinski definition) is 1. The van der Waals surface area contributed by atoms with Gasteiger partial charge >= 0.3 is 0 Å². The van der Waals surface area contributed by atoms with Crippen LogP contribution < -0.4 is 5.32 Å². The highest BCUT2D eigenvalue weighted by molar-refractivity contribution is 5.05. The Bertz CT molecular complexity index is 347. The number of nitrogens with zero attached hydrogens (tertiary/aromatic N) is 1. The molecule has 1 heterocycles. The van der Waals surface area contributed by atoms with Crippen molar-refractivity contribution in [1.29, 1.82) is 0 Å². The van der Waals surface area contributed by atoms with Crippen LogP contribution >= 0.6 is 0 Å². The molecule has 0 fully saturated rings. The summed E-state index contributed by atoms with van der Waals surface area (Å²) in [6.07, 6.45) is 2.70. The van der Waals surface area contributed by atoms with Crippen LogP contribution in [0.2, 0.25) is 0 Å². The average Bonchev–Trinajstić information content (AvgIpc) is 2.82. The zero-order chi connectivity index (χ0) is 14.5. The summed E-state index contributed by atoms with van der Waals surface area (Å²) in [6.45, 7) is 7.28. The van der Waals surface area contributed by atoms with Crippen LogP contribution in [0.15, 0.2) is 22.8 Å². The van der Waals surface area contributed by atoms with Crippen molar-refractivity contribution in [2.24, 2.45) is 0 Å². The summed E-state index contributed by atoms with van der Waals surface area (Å²) in [5.41, 5.74) is -0.0925. The van der Waals surface area contributed by atoms with Crippen molar-refractivity contribution in [1.82, 2.24) is 10.2 Å². The average molecular weight is 268 g/mol. The first-order valence-electron chi connectivity index (χ1n) is 6.84. The molecule has 1 rings (SSSR count). The van der Waals surface area contributed by atoms with Crippen LogP contribution in [-0.4, -0.2) is 44.3 Å². The quantitative estimate of drug-likeness (QED) is 0.786. The number of likely N-dealkylation sites (N-methyl/N-ethyl adjacent to an activating group) is 1. The summed E-state index contributed by atoms with van der Waals surface area (Å²) in [6, 6.07) is 4.61. The minimum Gasteiger partial charge on any atom is -0.468 e. The molecule has 0 radical (unpaired) electrons. The third kappa shape index (κ3) is 5.35. The second-order valence-electron chi connectivity index (χ2n) is 5.97. The zero-order valence-electron chi connectivity index (χ0n) is 13.1. The van der Waals surface area contributed by atoms with Gasteiger partial charge in [-0.1, -0.05) is 0 Å². The summed E-state index contributed by atoms with van der Waals surface area (Å²) in [5.74, 6) is 0.996. The maximum atomic E-state index is 5.50. The second-order valence-corrected chi connectivity index (χ2v) is 5.97. The van der Waals surface area contributed by atoms with E-state index < -0.39 is 0 Å². The fourth-order valence-electron chi connectivity index (χ4n) is 2.22. The monoisotopic (exact) mass is 268 g/mol. The van der Waals surface area contributed by atoms with Crippen molar-refractivity contribution in [2.75, 3.05) is 27.7 Å². The van der Waals surface area contributed by atoms with Gasteiger partial charge in [-0.25, -0.2) is 0 Å². The highest BCUT2D eigenvalue weighted by atomic mass is 16.5. The Balaban J connectivity index is 2.49. The first-order chi connectivity index (χ1) is 8.85. The minimum absolute atomic E-state index is 0.0925. The highest BCUT2D eigenvalue weighted by Gasteiger charge is 2.22. The molecule has 4 heteroatoms. The molecule has 0 saturated heterocycles. The standard InChI is InChI=1S/C15H28N2O2/c1-12(10-15(2,3)18-6)16-11-13(17(4)5)14-8-7-9-19-14/h7-9,12-13,16H,10-11H2,1-6H3. The van der Waals surface area contributed by atoms with Gasteiger partial charge in [-0.3, -0.25) is 4.90 Å². The predicted octanol–water partition coefficient (Wildman–Crippen LogP) is 2.68. The molecule has 0 aliphatic rings. The van der Waals surface area contributed by atoms with Gasteiger partial charge in [-0.2, -0.15) is 0 Å². The van der Waals surface area contributed by atoms with E-state index in [0.29, 0.717) is 6.04 Å². The van der Waals surface area contributed by atoms with Crippen LogP contribution in [-0.2, 0) is 4.74 Å². The Morgan fingerprint density at radius 1 is 1.42 bits per heavy atom. The van der Waals surface area contributed by atoms with Gasteiger partial charge in [0.25, 0.3) is 0 Å². The van der Waals surface area contributed by atoms with Gasteiger partial charge in [-0.05, 0) is 53.4 Å². The predicted molar refractivity (Wildman–Crippen MR) is 78.3 cm³/mol. The van der Waals surface area contributed by atoms with Crippen LogP contribution in [0.1, 0.15) is 39.0 Å². The molecule has 0 aliphatic heterocycles. The van der Waals surface area contributed by atoms with E-state index in [9.17, 15) is 0 Å². The van der Waals surface area contributed by atoms with Gasteiger partial charge in [-0.15, -0.1) is 0 Å². The van der Waals surface area contributed by atoms with E-state index in [-0.39, 0.29) is 11.6 Å². The van der Waals surface area contributed by atoms with E-state index in [2.05, 4.69) is 45.1 Å². The number of nitrogens with one attached hydrogen (secondary N) is 1. The van der Waals surface area contributed by atoms with Crippen molar-refractivity contribution in [3.8, 4) is 0 Å². The van der Waals surface area contributed by atoms with E-state index in [1.165, 1.54) is 0 Å². The highest BCUT2D eigenvalue weighted by Crippen LogP contribution is 2.19. The summed E-state index contributed by atoms with van der Waals surface area (Å²) in [7, 11) is 5.90. The maximum absolute atomic E-state index is 5.50. The first-order valence-corrected chi connectivity index (χ1v) is 6.84. The summed E-state index contributed by atoms with van der Waals surface area (Å²) in [4.78, 5) is 2.17. The normalized spacial score (nSPS) is 15.7. The lowest BCUT2D eigenvalue weighted by atomic mass is 9.99. The Morgan fingerprint density at radius 3 is 2.58 bits per heavy atom. The number of methoxy groups -OCH3 is 1. The molecule has 2 atom stereocenters. The second kappa shape index (κ2) is 7.08. The Kier molecular flexibility index (Phi) is 6.04. The van der Waals surface area contributed by atoms with Crippen LogP contribution in [0, 0.1) is 0 Å². The molecule has 0 saturated carbocycles. The van der Waals surface area contributed by atoms with E-state index in [4.69, 9.17) is 9.15 Å². The number of furan rings is 1. The van der Waals surface area contributed by atoms with Gasteiger partial charge in [0.1, 0.15) is 5.76 Å². The molecule has 19 heavy (non-hydrogen) atoms. The Morgan fingerprint density at radius 2 is 2.11 bits per heavy atom. The Hall–Kier alpha value is -0.840. The number of ether oxygens (including phenoxy) is 1. The van der Waals surface area contributed by atoms with Crippen LogP contribution in [0.25, 0.3) is 0 Å². The summed E-state index contributed by atoms with van der Waals surface area (Å²) < 4.78 is 11.0. The molecule has 0 amide bonds. The van der Waals surface area contributed by atoms with Gasteiger partial charge < -0.3 is 14.5 Å². The van der Waals surface area contributed by atoms with Gasteiger partial charge in [0.2, 0.25) is 0 Å². The molecule has 1 N–H and O–H groups in total. The smallest absolute Gasteiger partial charge is 0.122 e. The molecular weight excluding hydrogens is 240 g/mol. The fraction of sp³-hybridized carbons (Fsp3) is 0.733. The van der Waals surface area contributed by atoms with E-state index >= 15 is 0 Å². The van der Waals surface area contributed by atoms with E-state index in [1.807, 2.05) is 12.1 Å². The van der Waals surface area contributed by atoms with Crippen molar-refractivity contribution in [3.05, 3.63) is 24.2 Å². The van der Waals surface area contributed by atoms with Crippen molar-refractivity contribution >= 4 is 0 Å². The molecule has 0 aromatic carbocycles. The topological polar surface area (TPSA) is 37.6 Å². The largest absolute Gasteiger partial charge is 0.468 e. The molecule has 2 unspecified atom stereocenters. The Labute approximate surface area is 117 Å². The number of hydrogen-bond acceptors (Lipinski definition) is 4. The van der Waals surface area contributed by atoms with Gasteiger partial charge in [0, 0.05) is 19.7 Å². The molecule has 1 aromatic rings. The van der Waals surface area contributed by atoms with Crippen LogP contribution in [0.4, 0.5) is 0 Å². The lowest BCUT2D eigenvalue weighted by Gasteiger charge is -2.29. The maximum Gasteiger partial charge on any atom is 0.122 e. The third-order valence-electron chi connectivity index (χ3n) is 3.50. The van der Waals surface area contributed by atoms with Gasteiger partial charge in [0.15, 0.2) is 0 Å². The molecule has 4 nitrogen and oxygen atoms in total. The minimum atomic E-state index is -0.0925. The van der Waals surface area contributed by atoms with Crippen molar-refractivity contribution in [2.45, 2.75) is 44.9 Å². The van der Waals surface area contributed by atoms with Crippen LogP contribution in [0.5, 0.6) is 0 Å². The molecule has 0 spiro atoms. The molecule has 0 aliphatic carbocycles. The van der Waals surface area contributed by atoms with Crippen molar-refractivity contribution in [3.63, 3.8) is 0 Å². The zero-order valence-corrected chi connectivity index (χ0v) is 13.1. The first kappa shape index (κ1) is 16.2. The lowest BCUT2D eigenvalue weighted by Crippen LogP contribution is -2.39. The van der Waals surface area contributed by atoms with Crippen molar-refractivity contribution < 1.29 is 9.15 Å². The third-order valence-corrected chi connectivity index (χ3v) is 3.50. The fourth-order valence-corrected chi connectivity index (χ4v) is 2.22. The lowest BCUT2D eigenvalue weighted by molar-refractivity contribution is 0.00809. The summed E-state index contributed by atoms with van der Waals surface area (Å²) in [5, 5.41) is 3.56. The SMILES string of the molecule is COC(C)(C)CC(C)NCC(c1ccco1)N(C)C. The molecule has 110 valence electrons. The molecule has 0 bridgehead atoms. The number of rotatable bonds is 8. The van der Waals surface area contributed by atoms with Gasteiger partial charge in [0.05, 0.1) is 17.9 Å². The molecule has 1 aromatic heterocycles. The van der Waals surface area contributed by atoms with Crippen LogP contribution in [0.3, 0.4) is 0 Å². The molecular formula is C15H28N2O2. The summed E-state index contributed by atoms with van der Waals surface area (Å²) >= 11 is 0.